The van der Waals surface area contributed by atoms with Gasteiger partial charge in [-0.05, 0) is 101 Å². The van der Waals surface area contributed by atoms with Crippen molar-refractivity contribution in [2.75, 3.05) is 93.4 Å². The Morgan fingerprint density at radius 1 is 0.807 bits per heavy atom. The predicted octanol–water partition coefficient (Wildman–Crippen LogP) is 3.31. The second-order valence-electron chi connectivity index (χ2n) is 24.7. The van der Waals surface area contributed by atoms with Crippen molar-refractivity contribution in [1.29, 1.82) is 0 Å². The monoisotopic (exact) mass is 1260 g/mol. The topological polar surface area (TPSA) is 334 Å². The molecule has 13 atom stereocenters. The first kappa shape index (κ1) is 77.1. The quantitative estimate of drug-likeness (QED) is 0.0343. The van der Waals surface area contributed by atoms with E-state index in [1.54, 1.807) is 18.9 Å². The molecule has 8 amide bonds. The van der Waals surface area contributed by atoms with Crippen molar-refractivity contribution in [3.63, 3.8) is 0 Å². The van der Waals surface area contributed by atoms with Crippen LogP contribution < -0.4 is 42.8 Å². The van der Waals surface area contributed by atoms with Gasteiger partial charge in [-0.25, -0.2) is 13.2 Å². The zero-order valence-corrected chi connectivity index (χ0v) is 56.0. The van der Waals surface area contributed by atoms with Crippen molar-refractivity contribution in [3.05, 3.63) is 42.0 Å². The van der Waals surface area contributed by atoms with Crippen LogP contribution in [0.15, 0.2) is 36.4 Å². The highest BCUT2D eigenvalue weighted by Gasteiger charge is 2.46. The summed E-state index contributed by atoms with van der Waals surface area (Å²) in [5, 5.41) is 14.9. The lowest BCUT2D eigenvalue weighted by molar-refractivity contribution is -0.143. The van der Waals surface area contributed by atoms with E-state index in [-0.39, 0.29) is 137 Å². The zero-order valence-electron chi connectivity index (χ0n) is 55.1. The van der Waals surface area contributed by atoms with Gasteiger partial charge in [0, 0.05) is 81.7 Å². The molecule has 3 unspecified atom stereocenters. The Balaban J connectivity index is 1.69. The summed E-state index contributed by atoms with van der Waals surface area (Å²) in [6, 6.07) is 3.47. The number of likely N-dealkylation sites (tertiary alicyclic amines) is 1. The van der Waals surface area contributed by atoms with Crippen LogP contribution >= 0.6 is 0 Å². The van der Waals surface area contributed by atoms with Gasteiger partial charge in [0.25, 0.3) is 11.8 Å². The molecule has 0 aromatic heterocycles. The van der Waals surface area contributed by atoms with Gasteiger partial charge in [-0.2, -0.15) is 0 Å². The minimum Gasteiger partial charge on any atom is -0.381 e. The van der Waals surface area contributed by atoms with Crippen LogP contribution in [0, 0.1) is 41.4 Å². The van der Waals surface area contributed by atoms with Gasteiger partial charge >= 0.3 is 6.03 Å². The van der Waals surface area contributed by atoms with Gasteiger partial charge in [0.1, 0.15) is 6.17 Å². The number of benzene rings is 1. The first-order valence-corrected chi connectivity index (χ1v) is 32.9. The number of methoxy groups -OCH3 is 2. The molecular weight excluding hydrogens is 1150 g/mol. The van der Waals surface area contributed by atoms with Crippen LogP contribution in [-0.4, -0.2) is 207 Å². The number of nitrogens with one attached hydrogen (secondary N) is 6. The highest BCUT2D eigenvalue weighted by Crippen LogP contribution is 2.37. The van der Waals surface area contributed by atoms with Crippen molar-refractivity contribution in [2.45, 2.75) is 175 Å². The average Bonchev–Trinajstić information content (AvgIpc) is 1.58. The third-order valence-electron chi connectivity index (χ3n) is 17.2. The average molecular weight is 1260 g/mol. The molecule has 1 fully saturated rings. The van der Waals surface area contributed by atoms with Crippen LogP contribution in [0.1, 0.15) is 120 Å². The Kier molecular flexibility index (Phi) is 33.7. The summed E-state index contributed by atoms with van der Waals surface area (Å²) in [5.74, 6) is -3.55. The minimum absolute atomic E-state index is 0.0366. The number of carbonyl (C=O) groups excluding carboxylic acids is 7. The molecule has 2 aliphatic heterocycles. The van der Waals surface area contributed by atoms with E-state index in [1.807, 2.05) is 27.8 Å². The summed E-state index contributed by atoms with van der Waals surface area (Å²) in [7, 11) is 4.89. The number of hydrogen-bond acceptors (Lipinski definition) is 18. The van der Waals surface area contributed by atoms with E-state index in [4.69, 9.17) is 35.2 Å². The lowest BCUT2D eigenvalue weighted by atomic mass is 9.68. The van der Waals surface area contributed by atoms with Crippen LogP contribution in [0.25, 0.3) is 0 Å². The maximum Gasteiger partial charge on any atom is 0.312 e. The number of likely N-dealkylation sites (N-methyl/N-ethyl adjacent to an activating group) is 1. The normalized spacial score (nSPS) is 18.8. The number of amides is 8. The number of anilines is 1. The number of ether oxygens (including phenoxy) is 5. The molecule has 10 N–H and O–H groups in total. The molecule has 0 bridgehead atoms. The predicted molar refractivity (Wildman–Crippen MR) is 338 cm³/mol. The SMILES string of the molecule is CC[C@@H](C)[C@@H](C(NC)[C@H](C(C)C)C(N)[C@H](C(C)C)N(C)C)[C@@H](CC(=O)N1CCC[C@H]1[C@H](OC)[C@@H](C)C(=O)NS(=O)(=O)Cc1ccc(NC(=O)[C@H](CCCNC(N)=O)NC(COCCOCCOCCC(=O)N[C@@H](C)C(C)C)N2C(=O)C=CC2=O)cc1)OC. The molecule has 502 valence electrons. The molecule has 2 heterocycles. The second kappa shape index (κ2) is 38.5. The number of hydrogen-bond donors (Lipinski definition) is 8. The van der Waals surface area contributed by atoms with Gasteiger partial charge < -0.3 is 66.2 Å². The molecule has 1 aromatic carbocycles. The number of imide groups is 1. The molecule has 3 rings (SSSR count). The maximum atomic E-state index is 14.6. The van der Waals surface area contributed by atoms with Crippen molar-refractivity contribution >= 4 is 57.2 Å². The third-order valence-corrected chi connectivity index (χ3v) is 18.4. The van der Waals surface area contributed by atoms with Crippen molar-refractivity contribution in [3.8, 4) is 0 Å². The first-order valence-electron chi connectivity index (χ1n) is 31.3. The molecule has 0 radical (unpaired) electrons. The second-order valence-corrected chi connectivity index (χ2v) is 26.5. The van der Waals surface area contributed by atoms with Gasteiger partial charge in [0.15, 0.2) is 0 Å². The molecule has 0 aliphatic carbocycles. The maximum absolute atomic E-state index is 14.6. The zero-order chi connectivity index (χ0) is 66.0. The number of nitrogens with two attached hydrogens (primary N) is 2. The van der Waals surface area contributed by atoms with E-state index in [2.05, 4.69) is 91.8 Å². The van der Waals surface area contributed by atoms with Gasteiger partial charge in [-0.3, -0.25) is 43.7 Å². The van der Waals surface area contributed by atoms with Gasteiger partial charge in [-0.1, -0.05) is 80.9 Å². The number of urea groups is 1. The van der Waals surface area contributed by atoms with E-state index in [9.17, 15) is 42.0 Å². The summed E-state index contributed by atoms with van der Waals surface area (Å²) in [5.41, 5.74) is 13.1. The van der Waals surface area contributed by atoms with E-state index < -0.39 is 81.8 Å². The Bertz CT molecular complexity index is 2460. The van der Waals surface area contributed by atoms with Crippen molar-refractivity contribution < 1.29 is 65.7 Å². The Hall–Kier alpha value is -5.16. The summed E-state index contributed by atoms with van der Waals surface area (Å²) in [6.07, 6.45) is 2.47. The highest BCUT2D eigenvalue weighted by atomic mass is 32.2. The van der Waals surface area contributed by atoms with Crippen LogP contribution in [0.4, 0.5) is 10.5 Å². The van der Waals surface area contributed by atoms with Crippen LogP contribution in [0.3, 0.4) is 0 Å². The number of primary amides is 1. The fourth-order valence-electron chi connectivity index (χ4n) is 12.2. The molecule has 0 spiro atoms. The lowest BCUT2D eigenvalue weighted by Gasteiger charge is -2.47. The number of rotatable bonds is 43. The number of carbonyl (C=O) groups is 7. The smallest absolute Gasteiger partial charge is 0.312 e. The molecule has 2 aliphatic rings. The van der Waals surface area contributed by atoms with Gasteiger partial charge in [0.2, 0.25) is 33.7 Å². The fourth-order valence-corrected chi connectivity index (χ4v) is 13.4. The highest BCUT2D eigenvalue weighted by molar-refractivity contribution is 7.89. The minimum atomic E-state index is -4.29. The van der Waals surface area contributed by atoms with Crippen LogP contribution in [0.2, 0.25) is 0 Å². The van der Waals surface area contributed by atoms with Crippen molar-refractivity contribution in [1.82, 2.24) is 40.7 Å². The molecule has 0 saturated carbocycles. The summed E-state index contributed by atoms with van der Waals surface area (Å²) >= 11 is 0. The largest absolute Gasteiger partial charge is 0.381 e. The van der Waals surface area contributed by atoms with E-state index >= 15 is 0 Å². The Morgan fingerprint density at radius 2 is 1.42 bits per heavy atom. The van der Waals surface area contributed by atoms with Crippen LogP contribution in [-0.2, 0) is 68.2 Å². The molecule has 1 saturated heterocycles. The van der Waals surface area contributed by atoms with Gasteiger partial charge in [-0.15, -0.1) is 0 Å². The van der Waals surface area contributed by atoms with Gasteiger partial charge in [0.05, 0.1) is 82.0 Å². The molecular formula is C62H109N11O14S. The summed E-state index contributed by atoms with van der Waals surface area (Å²) < 4.78 is 58.7. The first-order chi connectivity index (χ1) is 41.5. The number of nitrogens with zero attached hydrogens (tertiary/aromatic N) is 3. The molecule has 25 nitrogen and oxygen atoms in total. The van der Waals surface area contributed by atoms with E-state index in [0.717, 1.165) is 23.5 Å². The third kappa shape index (κ3) is 24.2. The Labute approximate surface area is 524 Å². The Morgan fingerprint density at radius 3 is 1.95 bits per heavy atom. The summed E-state index contributed by atoms with van der Waals surface area (Å²) in [6.45, 7) is 21.9. The summed E-state index contributed by atoms with van der Waals surface area (Å²) in [4.78, 5) is 96.8. The van der Waals surface area contributed by atoms with Crippen LogP contribution in [0.5, 0.6) is 0 Å². The fraction of sp³-hybridized carbons (Fsp3) is 0.758. The van der Waals surface area contributed by atoms with Crippen molar-refractivity contribution in [2.24, 2.45) is 52.9 Å². The van der Waals surface area contributed by atoms with E-state index in [0.29, 0.717) is 36.8 Å². The molecule has 26 heteroatoms. The number of sulfonamides is 1. The standard InChI is InChI=1S/C62H109N11O14S/c1-16-41(8)55(57(65-11)54(39(4)5)56(63)58(40(6)7)71(12)13)48(83-14)35-53(77)72-29-18-20-47(72)59(84-15)42(9)60(78)70-88(81,82)37-44-21-23-45(24-22-44)68-61(79)46(19-17-28-66-62(64)80)69-49(73-51(75)25-26-52(73)76)36-87-34-33-86-32-31-85-30-27-50(74)67-43(10)38(2)3/h21-26,38-43,46-49,54-59,65,69H,16-20,27-37,63H2,1-15H3,(H,67,74)(H,68,79)(H,70,78)(H3,64,66,80)/t41-,42-,43+,46+,47+,48-,49?,54-,55-,56?,57?,58+,59-/m1/s1. The molecule has 88 heavy (non-hydrogen) atoms. The lowest BCUT2D eigenvalue weighted by Crippen LogP contribution is -2.61. The van der Waals surface area contributed by atoms with E-state index in [1.165, 1.54) is 31.4 Å². The molecule has 1 aromatic rings.